The Bertz CT molecular complexity index is 1460. The van der Waals surface area contributed by atoms with Gasteiger partial charge in [-0.05, 0) is 84.3 Å². The number of phenols is 2. The lowest BCUT2D eigenvalue weighted by Gasteiger charge is -2.26. The summed E-state index contributed by atoms with van der Waals surface area (Å²) < 4.78 is 17.9. The molecule has 0 aromatic heterocycles. The molecule has 4 aromatic carbocycles. The van der Waals surface area contributed by atoms with Gasteiger partial charge in [0.05, 0.1) is 13.2 Å². The van der Waals surface area contributed by atoms with Gasteiger partial charge in [0.1, 0.15) is 23.9 Å². The lowest BCUT2D eigenvalue weighted by atomic mass is 9.92. The first-order valence-electron chi connectivity index (χ1n) is 14.1. The molecule has 0 aliphatic carbocycles. The lowest BCUT2D eigenvalue weighted by Crippen LogP contribution is -2.38. The highest BCUT2D eigenvalue weighted by molar-refractivity contribution is 5.79. The molecule has 2 N–H and O–H groups in total. The van der Waals surface area contributed by atoms with Gasteiger partial charge in [-0.25, -0.2) is 0 Å². The number of hydrogen-bond donors (Lipinski definition) is 2. The van der Waals surface area contributed by atoms with Crippen LogP contribution in [0.2, 0.25) is 0 Å². The lowest BCUT2D eigenvalue weighted by molar-refractivity contribution is 0.0323. The van der Waals surface area contributed by atoms with E-state index in [0.29, 0.717) is 18.1 Å². The van der Waals surface area contributed by atoms with Gasteiger partial charge in [-0.3, -0.25) is 4.90 Å². The molecular weight excluding hydrogens is 502 g/mol. The van der Waals surface area contributed by atoms with E-state index in [1.807, 2.05) is 48.5 Å². The minimum atomic E-state index is 0.115. The van der Waals surface area contributed by atoms with E-state index >= 15 is 0 Å². The Balaban J connectivity index is 1.34. The molecule has 6 nitrogen and oxygen atoms in total. The molecule has 40 heavy (non-hydrogen) atoms. The number of hydrogen-bond acceptors (Lipinski definition) is 6. The number of aryl methyl sites for hydroxylation is 4. The summed E-state index contributed by atoms with van der Waals surface area (Å²) in [5.41, 5.74) is 6.15. The Morgan fingerprint density at radius 2 is 1.45 bits per heavy atom. The molecule has 0 amide bonds. The molecule has 5 heterocycles. The largest absolute Gasteiger partial charge is 0.507 e. The summed E-state index contributed by atoms with van der Waals surface area (Å²) in [5, 5.41) is 21.6. The summed E-state index contributed by atoms with van der Waals surface area (Å²) in [4.78, 5) is 2.36. The van der Waals surface area contributed by atoms with E-state index in [0.717, 1.165) is 92.1 Å². The van der Waals surface area contributed by atoms with Crippen molar-refractivity contribution in [3.8, 4) is 39.9 Å². The molecule has 6 bridgehead atoms. The Hall–Kier alpha value is -4.00. The summed E-state index contributed by atoms with van der Waals surface area (Å²) in [6.45, 7) is 4.79. The van der Waals surface area contributed by atoms with Crippen molar-refractivity contribution in [2.45, 2.75) is 25.7 Å². The van der Waals surface area contributed by atoms with Gasteiger partial charge in [0.15, 0.2) is 11.5 Å². The third-order valence-corrected chi connectivity index (χ3v) is 7.77. The number of morpholine rings is 1. The third-order valence-electron chi connectivity index (χ3n) is 7.77. The van der Waals surface area contributed by atoms with Gasteiger partial charge in [0.2, 0.25) is 0 Å². The quantitative estimate of drug-likeness (QED) is 0.325. The molecule has 5 aliphatic rings. The van der Waals surface area contributed by atoms with E-state index in [9.17, 15) is 10.2 Å². The van der Waals surface area contributed by atoms with E-state index in [-0.39, 0.29) is 11.5 Å². The van der Waals surface area contributed by atoms with Crippen LogP contribution in [0.4, 0.5) is 0 Å². The molecule has 5 aliphatic heterocycles. The van der Waals surface area contributed by atoms with Crippen molar-refractivity contribution in [1.29, 1.82) is 0 Å². The zero-order valence-electron chi connectivity index (χ0n) is 22.6. The maximum absolute atomic E-state index is 11.3. The van der Waals surface area contributed by atoms with Crippen LogP contribution in [-0.2, 0) is 30.4 Å². The molecule has 1 fully saturated rings. The number of phenolic OH excluding ortho intramolecular Hbond substituents is 2. The Kier molecular flexibility index (Phi) is 7.89. The molecule has 0 spiro atoms. The minimum absolute atomic E-state index is 0.115. The Morgan fingerprint density at radius 3 is 2.25 bits per heavy atom. The first-order valence-corrected chi connectivity index (χ1v) is 14.1. The molecule has 0 unspecified atom stereocenters. The predicted octanol–water partition coefficient (Wildman–Crippen LogP) is 6.15. The van der Waals surface area contributed by atoms with Gasteiger partial charge >= 0.3 is 0 Å². The standard InChI is InChI=1S/C34H35NO5/c36-30-15-10-26-5-4-25-9-14-29(31(37)22-25)34-27(11-6-24-7-12-28(13-8-24)40-33(30)23-26)2-1-3-32(34)39-21-18-35-16-19-38-20-17-35/h1-3,7-10,12-15,22-23,36-37H,4-6,11,16-21H2. The second kappa shape index (κ2) is 12.0. The smallest absolute Gasteiger partial charge is 0.169 e. The second-order valence-corrected chi connectivity index (χ2v) is 10.5. The van der Waals surface area contributed by atoms with E-state index < -0.39 is 0 Å². The molecule has 0 saturated carbocycles. The zero-order chi connectivity index (χ0) is 27.3. The van der Waals surface area contributed by atoms with Gasteiger partial charge in [0.25, 0.3) is 0 Å². The highest BCUT2D eigenvalue weighted by Crippen LogP contribution is 2.40. The fraction of sp³-hybridized carbons (Fsp3) is 0.294. The van der Waals surface area contributed by atoms with Crippen LogP contribution in [0.1, 0.15) is 22.3 Å². The van der Waals surface area contributed by atoms with Crippen molar-refractivity contribution in [2.24, 2.45) is 0 Å². The van der Waals surface area contributed by atoms with Crippen molar-refractivity contribution < 1.29 is 24.4 Å². The average Bonchev–Trinajstić information content (AvgIpc) is 2.98. The van der Waals surface area contributed by atoms with E-state index in [1.54, 1.807) is 6.07 Å². The van der Waals surface area contributed by atoms with Crippen LogP contribution in [0.15, 0.2) is 78.9 Å². The Labute approximate surface area is 235 Å². The van der Waals surface area contributed by atoms with Crippen LogP contribution in [0, 0.1) is 0 Å². The van der Waals surface area contributed by atoms with Gasteiger partial charge in [-0.2, -0.15) is 0 Å². The molecule has 1 saturated heterocycles. The summed E-state index contributed by atoms with van der Waals surface area (Å²) in [5.74, 6) is 2.30. The van der Waals surface area contributed by atoms with Gasteiger partial charge in [-0.1, -0.05) is 42.5 Å². The summed E-state index contributed by atoms with van der Waals surface area (Å²) in [7, 11) is 0. The summed E-state index contributed by atoms with van der Waals surface area (Å²) in [6, 6.07) is 25.6. The first kappa shape index (κ1) is 26.2. The fourth-order valence-corrected chi connectivity index (χ4v) is 5.48. The summed E-state index contributed by atoms with van der Waals surface area (Å²) in [6.07, 6.45) is 3.11. The van der Waals surface area contributed by atoms with Gasteiger partial charge in [-0.15, -0.1) is 0 Å². The highest BCUT2D eigenvalue weighted by atomic mass is 16.5. The zero-order valence-corrected chi connectivity index (χ0v) is 22.6. The normalized spacial score (nSPS) is 15.6. The molecule has 9 rings (SSSR count). The monoisotopic (exact) mass is 537 g/mol. The van der Waals surface area contributed by atoms with Crippen LogP contribution in [0.5, 0.6) is 28.7 Å². The van der Waals surface area contributed by atoms with Crippen LogP contribution in [-0.4, -0.2) is 54.6 Å². The number of ether oxygens (including phenoxy) is 3. The molecule has 206 valence electrons. The fourth-order valence-electron chi connectivity index (χ4n) is 5.48. The number of rotatable bonds is 4. The van der Waals surface area contributed by atoms with Crippen molar-refractivity contribution in [3.63, 3.8) is 0 Å². The SMILES string of the molecule is Oc1ccc2cc1Oc1ccc(cc1)CCc1cccc(OCCN3CCOCC3)c1-c1ccc(cc1O)CC2. The molecule has 0 radical (unpaired) electrons. The van der Waals surface area contributed by atoms with E-state index in [4.69, 9.17) is 14.2 Å². The number of aromatic hydroxyl groups is 2. The molecule has 4 aromatic rings. The predicted molar refractivity (Wildman–Crippen MR) is 156 cm³/mol. The maximum atomic E-state index is 11.3. The molecule has 6 heteroatoms. The maximum Gasteiger partial charge on any atom is 0.169 e. The van der Waals surface area contributed by atoms with E-state index in [2.05, 4.69) is 29.2 Å². The Morgan fingerprint density at radius 1 is 0.725 bits per heavy atom. The third kappa shape index (κ3) is 6.09. The topological polar surface area (TPSA) is 71.4 Å². The second-order valence-electron chi connectivity index (χ2n) is 10.5. The van der Waals surface area contributed by atoms with Crippen LogP contribution >= 0.6 is 0 Å². The van der Waals surface area contributed by atoms with E-state index in [1.165, 1.54) is 5.56 Å². The van der Waals surface area contributed by atoms with Gasteiger partial charge in [0, 0.05) is 30.8 Å². The van der Waals surface area contributed by atoms with Crippen molar-refractivity contribution >= 4 is 0 Å². The highest BCUT2D eigenvalue weighted by Gasteiger charge is 2.18. The summed E-state index contributed by atoms with van der Waals surface area (Å²) >= 11 is 0. The van der Waals surface area contributed by atoms with Crippen LogP contribution in [0.3, 0.4) is 0 Å². The molecular formula is C34H35NO5. The first-order chi connectivity index (χ1) is 19.6. The number of benzene rings is 4. The van der Waals surface area contributed by atoms with Gasteiger partial charge < -0.3 is 24.4 Å². The van der Waals surface area contributed by atoms with Crippen LogP contribution in [0.25, 0.3) is 11.1 Å². The minimum Gasteiger partial charge on any atom is -0.507 e. The van der Waals surface area contributed by atoms with Crippen molar-refractivity contribution in [3.05, 3.63) is 101 Å². The van der Waals surface area contributed by atoms with Crippen molar-refractivity contribution in [2.75, 3.05) is 39.5 Å². The van der Waals surface area contributed by atoms with Crippen LogP contribution < -0.4 is 9.47 Å². The van der Waals surface area contributed by atoms with Crippen molar-refractivity contribution in [1.82, 2.24) is 4.90 Å². The molecule has 0 atom stereocenters. The number of nitrogens with zero attached hydrogens (tertiary/aromatic N) is 1. The average molecular weight is 538 g/mol.